The molecular formula is C3H9BO3P. The molecular weight excluding hydrogens is 126 g/mol. The van der Waals surface area contributed by atoms with E-state index in [-0.39, 0.29) is 0 Å². The van der Waals surface area contributed by atoms with Crippen molar-refractivity contribution >= 4 is 14.5 Å². The maximum Gasteiger partial charge on any atom is 0.271 e. The molecule has 0 amide bonds. The Kier molecular flexibility index (Phi) is 3.37. The molecule has 0 heterocycles. The second kappa shape index (κ2) is 3.28. The molecule has 0 bridgehead atoms. The second-order valence-corrected chi connectivity index (χ2v) is 3.49. The fourth-order valence-corrected chi connectivity index (χ4v) is 0.856. The van der Waals surface area contributed by atoms with Gasteiger partial charge in [0.2, 0.25) is 0 Å². The van der Waals surface area contributed by atoms with E-state index in [4.69, 9.17) is 0 Å². The minimum Gasteiger partial charge on any atom is -0.320 e. The topological polar surface area (TPSA) is 35.5 Å². The molecule has 5 heteroatoms. The summed E-state index contributed by atoms with van der Waals surface area (Å²) in [6.07, 6.45) is 0. The Hall–Kier alpha value is 0.215. The van der Waals surface area contributed by atoms with E-state index in [0.717, 1.165) is 0 Å². The van der Waals surface area contributed by atoms with E-state index >= 15 is 0 Å². The van der Waals surface area contributed by atoms with Crippen molar-refractivity contribution in [3.63, 3.8) is 0 Å². The molecule has 0 aliphatic heterocycles. The van der Waals surface area contributed by atoms with Gasteiger partial charge in [0.05, 0.1) is 0 Å². The highest BCUT2D eigenvalue weighted by molar-refractivity contribution is 7.83. The molecule has 0 spiro atoms. The third-order valence-corrected chi connectivity index (χ3v) is 2.48. The number of hydrogen-bond donors (Lipinski definition) is 0. The maximum absolute atomic E-state index is 10.8. The summed E-state index contributed by atoms with van der Waals surface area (Å²) in [6.45, 7) is 3.04. The van der Waals surface area contributed by atoms with Crippen LogP contribution in [0.5, 0.6) is 0 Å². The zero-order chi connectivity index (χ0) is 6.62. The molecule has 0 saturated heterocycles. The van der Waals surface area contributed by atoms with Gasteiger partial charge in [-0.2, -0.15) is 0 Å². The Labute approximate surface area is 50.1 Å². The quantitative estimate of drug-likeness (QED) is 0.429. The first-order chi connectivity index (χ1) is 3.68. The molecule has 0 saturated carbocycles. The molecule has 0 aromatic rings. The van der Waals surface area contributed by atoms with E-state index < -0.39 is 7.47 Å². The SMILES string of the molecule is C[B]P(=O)(OC)OC. The minimum atomic E-state index is -2.79. The standard InChI is InChI=1S/C3H9BO3P/c1-4-8(5,6-2)7-3/h1-3H3. The van der Waals surface area contributed by atoms with Crippen molar-refractivity contribution in [2.24, 2.45) is 0 Å². The Bertz CT molecular complexity index is 85.7. The van der Waals surface area contributed by atoms with Crippen molar-refractivity contribution in [1.29, 1.82) is 0 Å². The molecule has 0 rings (SSSR count). The summed E-state index contributed by atoms with van der Waals surface area (Å²) < 4.78 is 19.8. The van der Waals surface area contributed by atoms with Crippen molar-refractivity contribution in [2.45, 2.75) is 6.82 Å². The third kappa shape index (κ3) is 1.99. The van der Waals surface area contributed by atoms with E-state index in [2.05, 4.69) is 9.05 Å². The minimum absolute atomic E-state index is 1.35. The van der Waals surface area contributed by atoms with Crippen LogP contribution in [0.15, 0.2) is 0 Å². The number of rotatable bonds is 3. The van der Waals surface area contributed by atoms with E-state index in [1.165, 1.54) is 21.2 Å². The monoisotopic (exact) mass is 135 g/mol. The van der Waals surface area contributed by atoms with Crippen LogP contribution in [0.4, 0.5) is 0 Å². The van der Waals surface area contributed by atoms with Gasteiger partial charge in [-0.15, -0.1) is 0 Å². The highest BCUT2D eigenvalue weighted by atomic mass is 31.2. The third-order valence-electron chi connectivity index (χ3n) is 0.825. The van der Waals surface area contributed by atoms with Gasteiger partial charge in [0.25, 0.3) is 14.5 Å². The van der Waals surface area contributed by atoms with Gasteiger partial charge < -0.3 is 9.05 Å². The maximum atomic E-state index is 10.8. The van der Waals surface area contributed by atoms with Crippen LogP contribution in [-0.4, -0.2) is 21.2 Å². The zero-order valence-corrected chi connectivity index (χ0v) is 6.14. The van der Waals surface area contributed by atoms with E-state index in [9.17, 15) is 4.57 Å². The molecule has 47 valence electrons. The van der Waals surface area contributed by atoms with Crippen molar-refractivity contribution < 1.29 is 13.6 Å². The first-order valence-corrected chi connectivity index (χ1v) is 3.81. The van der Waals surface area contributed by atoms with Gasteiger partial charge in [-0.3, -0.25) is 4.57 Å². The zero-order valence-electron chi connectivity index (χ0n) is 5.25. The summed E-state index contributed by atoms with van der Waals surface area (Å²) in [5.41, 5.74) is 0. The van der Waals surface area contributed by atoms with Crippen molar-refractivity contribution in [2.75, 3.05) is 14.2 Å². The Morgan fingerprint density at radius 1 is 1.38 bits per heavy atom. The van der Waals surface area contributed by atoms with Gasteiger partial charge in [-0.25, -0.2) is 0 Å². The highest BCUT2D eigenvalue weighted by Gasteiger charge is 2.17. The first kappa shape index (κ1) is 8.21. The largest absolute Gasteiger partial charge is 0.320 e. The van der Waals surface area contributed by atoms with Crippen LogP contribution >= 0.6 is 7.47 Å². The molecule has 0 atom stereocenters. The fraction of sp³-hybridized carbons (Fsp3) is 1.00. The summed E-state index contributed by atoms with van der Waals surface area (Å²) in [5, 5.41) is 0. The molecule has 0 aromatic carbocycles. The Morgan fingerprint density at radius 2 is 1.75 bits per heavy atom. The Morgan fingerprint density at radius 3 is 1.75 bits per heavy atom. The molecule has 3 nitrogen and oxygen atoms in total. The normalized spacial score (nSPS) is 11.4. The smallest absolute Gasteiger partial charge is 0.271 e. The van der Waals surface area contributed by atoms with Crippen molar-refractivity contribution in [1.82, 2.24) is 0 Å². The van der Waals surface area contributed by atoms with Gasteiger partial charge in [0.15, 0.2) is 0 Å². The molecule has 1 radical (unpaired) electrons. The summed E-state index contributed by atoms with van der Waals surface area (Å²) in [5.74, 6) is 0. The van der Waals surface area contributed by atoms with Crippen LogP contribution in [0.2, 0.25) is 6.82 Å². The molecule has 0 aliphatic carbocycles. The van der Waals surface area contributed by atoms with Crippen LogP contribution in [0.3, 0.4) is 0 Å². The predicted octanol–water partition coefficient (Wildman–Crippen LogP) is 1.14. The fourth-order valence-electron chi connectivity index (χ4n) is 0.285. The summed E-state index contributed by atoms with van der Waals surface area (Å²) in [6, 6.07) is 0. The molecule has 0 fully saturated rings. The van der Waals surface area contributed by atoms with Gasteiger partial charge in [0.1, 0.15) is 0 Å². The van der Waals surface area contributed by atoms with E-state index in [1.807, 2.05) is 0 Å². The average Bonchev–Trinajstić information content (AvgIpc) is 1.87. The lowest BCUT2D eigenvalue weighted by molar-refractivity contribution is 0.293. The molecule has 0 aromatic heterocycles. The highest BCUT2D eigenvalue weighted by Crippen LogP contribution is 2.43. The van der Waals surface area contributed by atoms with Gasteiger partial charge in [-0.1, -0.05) is 6.82 Å². The molecule has 0 N–H and O–H groups in total. The van der Waals surface area contributed by atoms with Gasteiger partial charge in [0, 0.05) is 14.2 Å². The van der Waals surface area contributed by atoms with Crippen molar-refractivity contribution in [3.8, 4) is 0 Å². The van der Waals surface area contributed by atoms with Crippen LogP contribution in [0, 0.1) is 0 Å². The van der Waals surface area contributed by atoms with Crippen LogP contribution in [0.1, 0.15) is 0 Å². The lowest BCUT2D eigenvalue weighted by Gasteiger charge is -2.08. The van der Waals surface area contributed by atoms with Crippen LogP contribution in [0.25, 0.3) is 0 Å². The average molecular weight is 135 g/mol. The summed E-state index contributed by atoms with van der Waals surface area (Å²) in [7, 11) is -0.0841. The predicted molar refractivity (Wildman–Crippen MR) is 33.2 cm³/mol. The van der Waals surface area contributed by atoms with E-state index in [1.54, 1.807) is 6.82 Å². The van der Waals surface area contributed by atoms with Crippen molar-refractivity contribution in [3.05, 3.63) is 0 Å². The van der Waals surface area contributed by atoms with Gasteiger partial charge >= 0.3 is 0 Å². The lowest BCUT2D eigenvalue weighted by Crippen LogP contribution is -1.92. The number of hydrogen-bond acceptors (Lipinski definition) is 3. The van der Waals surface area contributed by atoms with Crippen LogP contribution in [-0.2, 0) is 13.6 Å². The lowest BCUT2D eigenvalue weighted by atomic mass is 10.2. The molecule has 8 heavy (non-hydrogen) atoms. The summed E-state index contributed by atoms with van der Waals surface area (Å²) in [4.78, 5) is 0. The second-order valence-electron chi connectivity index (χ2n) is 1.16. The van der Waals surface area contributed by atoms with E-state index in [0.29, 0.717) is 0 Å². The van der Waals surface area contributed by atoms with Crippen LogP contribution < -0.4 is 0 Å². The first-order valence-electron chi connectivity index (χ1n) is 2.20. The molecule has 0 unspecified atom stereocenters. The summed E-state index contributed by atoms with van der Waals surface area (Å²) >= 11 is 0. The molecule has 0 aliphatic rings. The Balaban J connectivity index is 3.79. The van der Waals surface area contributed by atoms with Gasteiger partial charge in [-0.05, 0) is 0 Å².